The van der Waals surface area contributed by atoms with Gasteiger partial charge in [0.15, 0.2) is 0 Å². The van der Waals surface area contributed by atoms with E-state index in [9.17, 15) is 9.18 Å². The highest BCUT2D eigenvalue weighted by Crippen LogP contribution is 2.31. The van der Waals surface area contributed by atoms with Crippen molar-refractivity contribution in [1.82, 2.24) is 5.06 Å². The second kappa shape index (κ2) is 10.6. The van der Waals surface area contributed by atoms with Crippen molar-refractivity contribution < 1.29 is 23.5 Å². The smallest absolute Gasteiger partial charge is 0.427 e. The predicted octanol–water partition coefficient (Wildman–Crippen LogP) is 5.58. The van der Waals surface area contributed by atoms with E-state index in [0.29, 0.717) is 26.1 Å². The maximum absolute atomic E-state index is 13.4. The van der Waals surface area contributed by atoms with Crippen LogP contribution in [0.15, 0.2) is 60.7 Å². The van der Waals surface area contributed by atoms with Gasteiger partial charge in [-0.1, -0.05) is 54.6 Å². The Morgan fingerprint density at radius 3 is 2.52 bits per heavy atom. The van der Waals surface area contributed by atoms with Crippen molar-refractivity contribution in [2.24, 2.45) is 0 Å². The lowest BCUT2D eigenvalue weighted by Gasteiger charge is -2.37. The van der Waals surface area contributed by atoms with Crippen LogP contribution in [0.3, 0.4) is 0 Å². The van der Waals surface area contributed by atoms with E-state index in [0.717, 1.165) is 11.1 Å². The number of ether oxygens (including phenoxy) is 2. The first-order valence-corrected chi connectivity index (χ1v) is 10.5. The average molecular weight is 428 g/mol. The van der Waals surface area contributed by atoms with Crippen molar-refractivity contribution in [3.8, 4) is 0 Å². The van der Waals surface area contributed by atoms with Crippen LogP contribution in [0.2, 0.25) is 0 Å². The van der Waals surface area contributed by atoms with Crippen LogP contribution in [0.25, 0.3) is 6.08 Å². The number of hydrogen-bond acceptors (Lipinski definition) is 5. The van der Waals surface area contributed by atoms with Gasteiger partial charge < -0.3 is 14.3 Å². The molecule has 5 nitrogen and oxygen atoms in total. The Balaban J connectivity index is 1.64. The number of benzene rings is 2. The Hall–Kier alpha value is -2.70. The van der Waals surface area contributed by atoms with Crippen molar-refractivity contribution in [3.63, 3.8) is 0 Å². The summed E-state index contributed by atoms with van der Waals surface area (Å²) in [4.78, 5) is 17.5. The molecule has 3 rings (SSSR count). The van der Waals surface area contributed by atoms with Crippen LogP contribution in [0.1, 0.15) is 44.2 Å². The molecule has 0 saturated carbocycles. The third-order valence-electron chi connectivity index (χ3n) is 4.93. The van der Waals surface area contributed by atoms with Gasteiger partial charge in [-0.25, -0.2) is 9.18 Å². The van der Waals surface area contributed by atoms with Crippen LogP contribution < -0.4 is 0 Å². The van der Waals surface area contributed by atoms with Crippen LogP contribution in [0, 0.1) is 5.82 Å². The summed E-state index contributed by atoms with van der Waals surface area (Å²) in [6.45, 7) is 6.74. The summed E-state index contributed by atoms with van der Waals surface area (Å²) in [5.41, 5.74) is 1.48. The Bertz CT molecular complexity index is 861. The number of hydroxylamine groups is 2. The van der Waals surface area contributed by atoms with E-state index < -0.39 is 11.8 Å². The molecule has 2 unspecified atom stereocenters. The normalized spacial score (nSPS) is 20.0. The van der Waals surface area contributed by atoms with Gasteiger partial charge in [-0.05, 0) is 50.5 Å². The summed E-state index contributed by atoms with van der Waals surface area (Å²) in [5, 5.41) is 1.58. The first-order chi connectivity index (χ1) is 14.8. The van der Waals surface area contributed by atoms with E-state index in [1.807, 2.05) is 42.5 Å². The lowest BCUT2D eigenvalue weighted by molar-refractivity contribution is -0.176. The van der Waals surface area contributed by atoms with Crippen molar-refractivity contribution in [2.45, 2.75) is 44.8 Å². The van der Waals surface area contributed by atoms with Gasteiger partial charge >= 0.3 is 6.16 Å². The minimum Gasteiger partial charge on any atom is -0.427 e. The van der Waals surface area contributed by atoms with Gasteiger partial charge in [0.1, 0.15) is 11.4 Å². The lowest BCUT2D eigenvalue weighted by Crippen LogP contribution is -2.45. The van der Waals surface area contributed by atoms with Crippen LogP contribution in [0.4, 0.5) is 9.18 Å². The number of carbonyl (C=O) groups excluding carboxylic acids is 1. The number of rotatable bonds is 6. The summed E-state index contributed by atoms with van der Waals surface area (Å²) in [7, 11) is 0. The first kappa shape index (κ1) is 23.0. The van der Waals surface area contributed by atoms with E-state index in [1.165, 1.54) is 12.1 Å². The van der Waals surface area contributed by atoms with Crippen molar-refractivity contribution in [3.05, 3.63) is 77.6 Å². The second-order valence-electron chi connectivity index (χ2n) is 8.58. The topological polar surface area (TPSA) is 48.0 Å². The molecule has 0 aliphatic carbocycles. The maximum atomic E-state index is 13.4. The average Bonchev–Trinajstić information content (AvgIpc) is 2.71. The third-order valence-corrected chi connectivity index (χ3v) is 4.93. The SMILES string of the molecule is CC(C)(C)OC(=O)ON1CCC(c2ccc(F)cc2)C(OCC=Cc2ccccc2)C1. The summed E-state index contributed by atoms with van der Waals surface area (Å²) in [6, 6.07) is 16.5. The highest BCUT2D eigenvalue weighted by atomic mass is 19.1. The predicted molar refractivity (Wildman–Crippen MR) is 118 cm³/mol. The Kier molecular flexibility index (Phi) is 7.82. The molecule has 0 N–H and O–H groups in total. The van der Waals surface area contributed by atoms with E-state index in [4.69, 9.17) is 14.3 Å². The number of piperidine rings is 1. The van der Waals surface area contributed by atoms with Gasteiger partial charge in [-0.2, -0.15) is 0 Å². The number of nitrogens with zero attached hydrogens (tertiary/aromatic N) is 1. The minimum absolute atomic E-state index is 0.0733. The fourth-order valence-electron chi connectivity index (χ4n) is 3.53. The molecular formula is C25H30FNO4. The molecule has 1 heterocycles. The number of carbonyl (C=O) groups is 1. The lowest BCUT2D eigenvalue weighted by atomic mass is 9.87. The van der Waals surface area contributed by atoms with Crippen molar-refractivity contribution in [2.75, 3.05) is 19.7 Å². The molecule has 0 radical (unpaired) electrons. The van der Waals surface area contributed by atoms with Crippen molar-refractivity contribution in [1.29, 1.82) is 0 Å². The van der Waals surface area contributed by atoms with E-state index in [2.05, 4.69) is 0 Å². The van der Waals surface area contributed by atoms with E-state index in [-0.39, 0.29) is 17.8 Å². The van der Waals surface area contributed by atoms with Crippen LogP contribution in [0.5, 0.6) is 0 Å². The largest absolute Gasteiger partial charge is 0.528 e. The summed E-state index contributed by atoms with van der Waals surface area (Å²) in [6.07, 6.45) is 3.73. The second-order valence-corrected chi connectivity index (χ2v) is 8.58. The molecule has 0 bridgehead atoms. The third kappa shape index (κ3) is 7.49. The molecule has 2 atom stereocenters. The molecule has 0 spiro atoms. The molecule has 0 amide bonds. The zero-order chi connectivity index (χ0) is 22.3. The Morgan fingerprint density at radius 2 is 1.84 bits per heavy atom. The summed E-state index contributed by atoms with van der Waals surface area (Å²) >= 11 is 0. The first-order valence-electron chi connectivity index (χ1n) is 10.5. The summed E-state index contributed by atoms with van der Waals surface area (Å²) in [5.74, 6) is -0.193. The monoisotopic (exact) mass is 427 g/mol. The molecular weight excluding hydrogens is 397 g/mol. The molecule has 166 valence electrons. The molecule has 0 aromatic heterocycles. The fraction of sp³-hybridized carbons (Fsp3) is 0.400. The number of halogens is 1. The molecule has 31 heavy (non-hydrogen) atoms. The maximum Gasteiger partial charge on any atom is 0.528 e. The Labute approximate surface area is 183 Å². The zero-order valence-electron chi connectivity index (χ0n) is 18.3. The summed E-state index contributed by atoms with van der Waals surface area (Å²) < 4.78 is 24.8. The quantitative estimate of drug-likeness (QED) is 0.563. The van der Waals surface area contributed by atoms with Crippen LogP contribution in [-0.4, -0.2) is 42.6 Å². The van der Waals surface area contributed by atoms with Gasteiger partial charge in [0.05, 0.1) is 19.3 Å². The molecule has 6 heteroatoms. The van der Waals surface area contributed by atoms with Crippen LogP contribution >= 0.6 is 0 Å². The standard InChI is InChI=1S/C25H30FNO4/c1-25(2,3)30-24(28)31-27-16-15-22(20-11-13-21(26)14-12-20)23(18-27)29-17-7-10-19-8-5-4-6-9-19/h4-14,22-23H,15-18H2,1-3H3. The minimum atomic E-state index is -0.726. The van der Waals surface area contributed by atoms with Gasteiger partial charge in [0, 0.05) is 12.5 Å². The molecule has 1 aliphatic rings. The van der Waals surface area contributed by atoms with Gasteiger partial charge in [-0.15, -0.1) is 5.06 Å². The molecule has 1 saturated heterocycles. The molecule has 1 aliphatic heterocycles. The fourth-order valence-corrected chi connectivity index (χ4v) is 3.53. The molecule has 1 fully saturated rings. The van der Waals surface area contributed by atoms with E-state index in [1.54, 1.807) is 38.0 Å². The highest BCUT2D eigenvalue weighted by Gasteiger charge is 2.33. The van der Waals surface area contributed by atoms with Crippen LogP contribution in [-0.2, 0) is 14.3 Å². The number of hydrogen-bond donors (Lipinski definition) is 0. The van der Waals surface area contributed by atoms with Crippen molar-refractivity contribution >= 4 is 12.2 Å². The van der Waals surface area contributed by atoms with Gasteiger partial charge in [0.25, 0.3) is 0 Å². The van der Waals surface area contributed by atoms with Gasteiger partial charge in [-0.3, -0.25) is 0 Å². The highest BCUT2D eigenvalue weighted by molar-refractivity contribution is 5.60. The zero-order valence-corrected chi connectivity index (χ0v) is 18.3. The molecule has 2 aromatic carbocycles. The van der Waals surface area contributed by atoms with E-state index >= 15 is 0 Å². The van der Waals surface area contributed by atoms with Gasteiger partial charge in [0.2, 0.25) is 0 Å². The Morgan fingerprint density at radius 1 is 1.13 bits per heavy atom. The molecule has 2 aromatic rings.